The van der Waals surface area contributed by atoms with Crippen LogP contribution in [0.3, 0.4) is 0 Å². The first-order chi connectivity index (χ1) is 13.3. The van der Waals surface area contributed by atoms with E-state index < -0.39 is 23.6 Å². The van der Waals surface area contributed by atoms with Gasteiger partial charge in [-0.15, -0.1) is 0 Å². The number of aromatic nitrogens is 2. The van der Waals surface area contributed by atoms with Crippen molar-refractivity contribution in [2.45, 2.75) is 31.0 Å². The SMILES string of the molecule is COC(C)C(=O)NC1CC2(CN(C(=O)c3cc(F)cc(F)c3)C2)n2ccnc21. The fraction of sp³-hybridized carbons (Fsp3) is 0.421. The van der Waals surface area contributed by atoms with Crippen molar-refractivity contribution in [2.75, 3.05) is 20.2 Å². The zero-order valence-corrected chi connectivity index (χ0v) is 15.5. The van der Waals surface area contributed by atoms with Crippen LogP contribution in [0.2, 0.25) is 0 Å². The standard InChI is InChI=1S/C19H20F2N4O3/c1-11(28-2)17(26)23-15-8-19(25-4-3-22-16(15)25)9-24(10-19)18(27)12-5-13(20)7-14(21)6-12/h3-7,11,15H,8-10H2,1-2H3,(H,23,26). The maximum Gasteiger partial charge on any atom is 0.254 e. The number of nitrogens with zero attached hydrogens (tertiary/aromatic N) is 3. The Labute approximate surface area is 160 Å². The van der Waals surface area contributed by atoms with Gasteiger partial charge in [-0.3, -0.25) is 9.59 Å². The first-order valence-electron chi connectivity index (χ1n) is 8.95. The smallest absolute Gasteiger partial charge is 0.254 e. The molecule has 4 rings (SSSR count). The molecule has 2 aliphatic heterocycles. The molecule has 9 heteroatoms. The third-order valence-electron chi connectivity index (χ3n) is 5.48. The number of carbonyl (C=O) groups excluding carboxylic acids is 2. The van der Waals surface area contributed by atoms with E-state index >= 15 is 0 Å². The number of methoxy groups -OCH3 is 1. The van der Waals surface area contributed by atoms with Crippen molar-refractivity contribution < 1.29 is 23.1 Å². The number of hydrogen-bond donors (Lipinski definition) is 1. The molecular weight excluding hydrogens is 370 g/mol. The summed E-state index contributed by atoms with van der Waals surface area (Å²) in [6.07, 6.45) is 3.48. The predicted molar refractivity (Wildman–Crippen MR) is 94.4 cm³/mol. The van der Waals surface area contributed by atoms with Crippen LogP contribution < -0.4 is 5.32 Å². The zero-order valence-electron chi connectivity index (χ0n) is 15.5. The van der Waals surface area contributed by atoms with Crippen LogP contribution in [0.5, 0.6) is 0 Å². The van der Waals surface area contributed by atoms with Gasteiger partial charge in [0.1, 0.15) is 23.6 Å². The van der Waals surface area contributed by atoms with Gasteiger partial charge >= 0.3 is 0 Å². The zero-order chi connectivity index (χ0) is 20.1. The second-order valence-electron chi connectivity index (χ2n) is 7.34. The minimum Gasteiger partial charge on any atom is -0.372 e. The van der Waals surface area contributed by atoms with Crippen molar-refractivity contribution in [1.82, 2.24) is 19.8 Å². The molecule has 1 aromatic heterocycles. The topological polar surface area (TPSA) is 76.5 Å². The predicted octanol–water partition coefficient (Wildman–Crippen LogP) is 1.61. The number of likely N-dealkylation sites (tertiary alicyclic amines) is 1. The number of rotatable bonds is 4. The highest BCUT2D eigenvalue weighted by atomic mass is 19.1. The maximum atomic E-state index is 13.4. The highest BCUT2D eigenvalue weighted by Crippen LogP contribution is 2.44. The summed E-state index contributed by atoms with van der Waals surface area (Å²) in [7, 11) is 1.46. The molecule has 2 aromatic rings. The van der Waals surface area contributed by atoms with Crippen molar-refractivity contribution >= 4 is 11.8 Å². The summed E-state index contributed by atoms with van der Waals surface area (Å²) in [6.45, 7) is 2.41. The molecule has 0 bridgehead atoms. The molecule has 1 fully saturated rings. The fourth-order valence-electron chi connectivity index (χ4n) is 4.00. The molecule has 1 spiro atoms. The number of hydrogen-bond acceptors (Lipinski definition) is 4. The van der Waals surface area contributed by atoms with E-state index in [-0.39, 0.29) is 23.1 Å². The molecule has 2 atom stereocenters. The number of fused-ring (bicyclic) bond motifs is 2. The molecule has 2 aliphatic rings. The van der Waals surface area contributed by atoms with Crippen molar-refractivity contribution in [3.05, 3.63) is 53.6 Å². The van der Waals surface area contributed by atoms with E-state index in [1.165, 1.54) is 7.11 Å². The average molecular weight is 390 g/mol. The second-order valence-corrected chi connectivity index (χ2v) is 7.34. The van der Waals surface area contributed by atoms with Gasteiger partial charge in [0.2, 0.25) is 5.91 Å². The summed E-state index contributed by atoms with van der Waals surface area (Å²) < 4.78 is 33.9. The molecule has 2 unspecified atom stereocenters. The van der Waals surface area contributed by atoms with Crippen molar-refractivity contribution in [3.63, 3.8) is 0 Å². The highest BCUT2D eigenvalue weighted by molar-refractivity contribution is 5.95. The van der Waals surface area contributed by atoms with E-state index in [9.17, 15) is 18.4 Å². The summed E-state index contributed by atoms with van der Waals surface area (Å²) in [5, 5.41) is 2.94. The Balaban J connectivity index is 1.49. The van der Waals surface area contributed by atoms with E-state index in [1.807, 2.05) is 10.8 Å². The lowest BCUT2D eigenvalue weighted by molar-refractivity contribution is -0.131. The van der Waals surface area contributed by atoms with Crippen LogP contribution in [0.25, 0.3) is 0 Å². The molecular formula is C19H20F2N4O3. The lowest BCUT2D eigenvalue weighted by Crippen LogP contribution is -2.63. The molecule has 1 aromatic carbocycles. The lowest BCUT2D eigenvalue weighted by Gasteiger charge is -2.49. The molecule has 7 nitrogen and oxygen atoms in total. The molecule has 0 radical (unpaired) electrons. The molecule has 0 aliphatic carbocycles. The number of benzene rings is 1. The number of imidazole rings is 1. The first kappa shape index (κ1) is 18.5. The van der Waals surface area contributed by atoms with Gasteiger partial charge in [0.15, 0.2) is 0 Å². The van der Waals surface area contributed by atoms with Crippen LogP contribution in [-0.2, 0) is 15.1 Å². The summed E-state index contributed by atoms with van der Waals surface area (Å²) >= 11 is 0. The number of amides is 2. The van der Waals surface area contributed by atoms with Crippen molar-refractivity contribution in [3.8, 4) is 0 Å². The van der Waals surface area contributed by atoms with Crippen molar-refractivity contribution in [1.29, 1.82) is 0 Å². The molecule has 28 heavy (non-hydrogen) atoms. The lowest BCUT2D eigenvalue weighted by atomic mass is 9.85. The number of halogens is 2. The molecule has 1 saturated heterocycles. The van der Waals surface area contributed by atoms with Gasteiger partial charge in [-0.2, -0.15) is 0 Å². The monoisotopic (exact) mass is 390 g/mol. The Morgan fingerprint density at radius 1 is 1.29 bits per heavy atom. The molecule has 148 valence electrons. The largest absolute Gasteiger partial charge is 0.372 e. The Hall–Kier alpha value is -2.81. The highest BCUT2D eigenvalue weighted by Gasteiger charge is 2.54. The molecule has 0 saturated carbocycles. The van der Waals surface area contributed by atoms with Gasteiger partial charge < -0.3 is 19.5 Å². The van der Waals surface area contributed by atoms with Crippen molar-refractivity contribution in [2.24, 2.45) is 0 Å². The fourth-order valence-corrected chi connectivity index (χ4v) is 4.00. The first-order valence-corrected chi connectivity index (χ1v) is 8.95. The van der Waals surface area contributed by atoms with E-state index in [2.05, 4.69) is 10.3 Å². The average Bonchev–Trinajstić information content (AvgIpc) is 3.20. The number of carbonyl (C=O) groups is 2. The third kappa shape index (κ3) is 2.95. The Bertz CT molecular complexity index is 919. The summed E-state index contributed by atoms with van der Waals surface area (Å²) in [4.78, 5) is 30.7. The number of nitrogens with one attached hydrogen (secondary N) is 1. The summed E-state index contributed by atoms with van der Waals surface area (Å²) in [6, 6.07) is 2.51. The molecule has 2 amide bonds. The minimum absolute atomic E-state index is 0.0185. The van der Waals surface area contributed by atoms with Gasteiger partial charge in [-0.05, 0) is 19.1 Å². The Kier molecular flexibility index (Phi) is 4.41. The Morgan fingerprint density at radius 3 is 2.61 bits per heavy atom. The second kappa shape index (κ2) is 6.66. The van der Waals surface area contributed by atoms with E-state index in [1.54, 1.807) is 18.0 Å². The maximum absolute atomic E-state index is 13.4. The van der Waals surface area contributed by atoms with E-state index in [0.29, 0.717) is 19.5 Å². The normalized spacial score (nSPS) is 20.6. The van der Waals surface area contributed by atoms with Gasteiger partial charge in [-0.25, -0.2) is 13.8 Å². The minimum atomic E-state index is -0.786. The van der Waals surface area contributed by atoms with Crippen LogP contribution >= 0.6 is 0 Å². The number of ether oxygens (including phenoxy) is 1. The van der Waals surface area contributed by atoms with Crippen LogP contribution in [0.4, 0.5) is 8.78 Å². The van der Waals surface area contributed by atoms with Gasteiger partial charge in [-0.1, -0.05) is 0 Å². The van der Waals surface area contributed by atoms with Crippen LogP contribution in [0, 0.1) is 11.6 Å². The van der Waals surface area contributed by atoms with Gasteiger partial charge in [0.05, 0.1) is 11.6 Å². The Morgan fingerprint density at radius 2 is 1.96 bits per heavy atom. The van der Waals surface area contributed by atoms with Crippen LogP contribution in [-0.4, -0.2) is 52.6 Å². The van der Waals surface area contributed by atoms with Crippen LogP contribution in [0.15, 0.2) is 30.6 Å². The van der Waals surface area contributed by atoms with Gasteiger partial charge in [0, 0.05) is 50.6 Å². The van der Waals surface area contributed by atoms with Gasteiger partial charge in [0.25, 0.3) is 5.91 Å². The molecule has 3 heterocycles. The third-order valence-corrected chi connectivity index (χ3v) is 5.48. The molecule has 1 N–H and O–H groups in total. The summed E-state index contributed by atoms with van der Waals surface area (Å²) in [5.74, 6) is -1.51. The summed E-state index contributed by atoms with van der Waals surface area (Å²) in [5.41, 5.74) is -0.406. The van der Waals surface area contributed by atoms with E-state index in [4.69, 9.17) is 4.74 Å². The van der Waals surface area contributed by atoms with Crippen LogP contribution in [0.1, 0.15) is 35.6 Å². The quantitative estimate of drug-likeness (QED) is 0.861. The van der Waals surface area contributed by atoms with E-state index in [0.717, 1.165) is 24.0 Å².